The molecule has 0 aliphatic heterocycles. The molecule has 0 saturated heterocycles. The van der Waals surface area contributed by atoms with Gasteiger partial charge in [0, 0.05) is 11.7 Å². The molecule has 0 aliphatic carbocycles. The molecule has 0 aromatic carbocycles. The Labute approximate surface area is 95.6 Å². The van der Waals surface area contributed by atoms with E-state index in [-0.39, 0.29) is 11.6 Å². The van der Waals surface area contributed by atoms with Crippen LogP contribution in [0, 0.1) is 0 Å². The number of nitrogens with one attached hydrogen (secondary N) is 2. The van der Waals surface area contributed by atoms with Gasteiger partial charge in [-0.05, 0) is 33.3 Å². The minimum absolute atomic E-state index is 0.291. The summed E-state index contributed by atoms with van der Waals surface area (Å²) < 4.78 is 5.29. The average Bonchev–Trinajstić information content (AvgIpc) is 2.63. The molecule has 1 amide bonds. The lowest BCUT2D eigenvalue weighted by Crippen LogP contribution is -2.41. The smallest absolute Gasteiger partial charge is 0.408 e. The quantitative estimate of drug-likeness (QED) is 0.830. The van der Waals surface area contributed by atoms with Crippen molar-refractivity contribution < 1.29 is 9.53 Å². The van der Waals surface area contributed by atoms with E-state index in [4.69, 9.17) is 4.74 Å². The molecule has 1 heterocycles. The molecule has 1 aromatic rings. The van der Waals surface area contributed by atoms with Crippen LogP contribution in [0.4, 0.5) is 4.79 Å². The molecular weight excluding hydrogens is 206 g/mol. The van der Waals surface area contributed by atoms with Crippen LogP contribution < -0.4 is 5.32 Å². The number of H-pyrrole nitrogens is 1. The Morgan fingerprint density at radius 2 is 2.31 bits per heavy atom. The fourth-order valence-corrected chi connectivity index (χ4v) is 1.27. The second kappa shape index (κ2) is 5.01. The number of aromatic amines is 1. The molecule has 0 unspecified atom stereocenters. The molecule has 90 valence electrons. The van der Waals surface area contributed by atoms with Gasteiger partial charge in [-0.1, -0.05) is 6.92 Å². The zero-order valence-corrected chi connectivity index (χ0v) is 10.2. The van der Waals surface area contributed by atoms with Crippen LogP contribution >= 0.6 is 0 Å². The Kier molecular flexibility index (Phi) is 3.93. The summed E-state index contributed by atoms with van der Waals surface area (Å²) in [6.07, 6.45) is 1.70. The number of alkyl carbamates (subject to hydrolysis) is 1. The van der Waals surface area contributed by atoms with Gasteiger partial charge in [0.15, 0.2) is 0 Å². The fourth-order valence-electron chi connectivity index (χ4n) is 1.27. The highest BCUT2D eigenvalue weighted by Crippen LogP contribution is 2.18. The molecule has 5 heteroatoms. The average molecular weight is 225 g/mol. The maximum absolute atomic E-state index is 11.6. The third-order valence-electron chi connectivity index (χ3n) is 1.95. The van der Waals surface area contributed by atoms with Crippen molar-refractivity contribution in [3.8, 4) is 0 Å². The van der Waals surface area contributed by atoms with E-state index < -0.39 is 6.09 Å². The first-order valence-electron chi connectivity index (χ1n) is 5.41. The largest absolute Gasteiger partial charge is 0.440 e. The van der Waals surface area contributed by atoms with Crippen molar-refractivity contribution in [3.05, 3.63) is 18.0 Å². The van der Waals surface area contributed by atoms with E-state index in [1.54, 1.807) is 12.3 Å². The first-order chi connectivity index (χ1) is 7.42. The number of carbonyl (C=O) groups is 1. The van der Waals surface area contributed by atoms with E-state index in [0.29, 0.717) is 6.42 Å². The predicted molar refractivity (Wildman–Crippen MR) is 61.0 cm³/mol. The minimum atomic E-state index is -0.414. The van der Waals surface area contributed by atoms with Gasteiger partial charge in [-0.2, -0.15) is 5.10 Å². The summed E-state index contributed by atoms with van der Waals surface area (Å²) in [5.41, 5.74) is 0.451. The molecule has 0 aliphatic rings. The number of aromatic nitrogens is 2. The summed E-state index contributed by atoms with van der Waals surface area (Å²) in [6.45, 7) is 7.67. The number of rotatable bonds is 3. The standard InChI is InChI=1S/C11H19N3O2/c1-5-9(8-6-7-12-14-8)16-10(15)13-11(2,3)4/h6-7,9H,5H2,1-4H3,(H,12,14)(H,13,15)/t9-/m1/s1. The van der Waals surface area contributed by atoms with Gasteiger partial charge in [0.05, 0.1) is 0 Å². The summed E-state index contributed by atoms with van der Waals surface area (Å²) in [4.78, 5) is 11.6. The van der Waals surface area contributed by atoms with Crippen molar-refractivity contribution >= 4 is 6.09 Å². The monoisotopic (exact) mass is 225 g/mol. The van der Waals surface area contributed by atoms with Crippen molar-refractivity contribution in [2.45, 2.75) is 45.8 Å². The number of carbonyl (C=O) groups excluding carboxylic acids is 1. The Bertz CT molecular complexity index is 327. The molecule has 2 N–H and O–H groups in total. The number of nitrogens with zero attached hydrogens (tertiary/aromatic N) is 1. The van der Waals surface area contributed by atoms with Gasteiger partial charge in [0.2, 0.25) is 0 Å². The van der Waals surface area contributed by atoms with Crippen molar-refractivity contribution in [2.24, 2.45) is 0 Å². The molecule has 16 heavy (non-hydrogen) atoms. The second-order valence-corrected chi connectivity index (χ2v) is 4.68. The zero-order chi connectivity index (χ0) is 12.2. The summed E-state index contributed by atoms with van der Waals surface area (Å²) in [5.74, 6) is 0. The highest BCUT2D eigenvalue weighted by atomic mass is 16.6. The van der Waals surface area contributed by atoms with Gasteiger partial charge >= 0.3 is 6.09 Å². The van der Waals surface area contributed by atoms with Crippen LogP contribution in [0.15, 0.2) is 12.3 Å². The predicted octanol–water partition coefficient (Wildman–Crippen LogP) is 2.39. The van der Waals surface area contributed by atoms with Gasteiger partial charge in [-0.25, -0.2) is 4.79 Å². The molecule has 0 bridgehead atoms. The molecule has 1 atom stereocenters. The topological polar surface area (TPSA) is 67.0 Å². The number of hydrogen-bond acceptors (Lipinski definition) is 3. The molecule has 0 fully saturated rings. The lowest BCUT2D eigenvalue weighted by molar-refractivity contribution is 0.0866. The maximum atomic E-state index is 11.6. The fraction of sp³-hybridized carbons (Fsp3) is 0.636. The van der Waals surface area contributed by atoms with Crippen molar-refractivity contribution in [2.75, 3.05) is 0 Å². The molecular formula is C11H19N3O2. The Morgan fingerprint density at radius 3 is 2.75 bits per heavy atom. The van der Waals surface area contributed by atoms with Gasteiger partial charge < -0.3 is 10.1 Å². The minimum Gasteiger partial charge on any atom is -0.440 e. The number of amides is 1. The van der Waals surface area contributed by atoms with E-state index in [2.05, 4.69) is 15.5 Å². The highest BCUT2D eigenvalue weighted by Gasteiger charge is 2.20. The van der Waals surface area contributed by atoms with Crippen LogP contribution in [0.25, 0.3) is 0 Å². The highest BCUT2D eigenvalue weighted by molar-refractivity contribution is 5.68. The van der Waals surface area contributed by atoms with Crippen LogP contribution in [0.3, 0.4) is 0 Å². The number of ether oxygens (including phenoxy) is 1. The van der Waals surface area contributed by atoms with E-state index in [1.165, 1.54) is 0 Å². The van der Waals surface area contributed by atoms with E-state index in [0.717, 1.165) is 5.69 Å². The second-order valence-electron chi connectivity index (χ2n) is 4.68. The Hall–Kier alpha value is -1.52. The summed E-state index contributed by atoms with van der Waals surface area (Å²) in [6, 6.07) is 1.80. The first kappa shape index (κ1) is 12.5. The lowest BCUT2D eigenvalue weighted by Gasteiger charge is -2.22. The summed E-state index contributed by atoms with van der Waals surface area (Å²) in [7, 11) is 0. The zero-order valence-electron chi connectivity index (χ0n) is 10.2. The normalized spacial score (nSPS) is 13.2. The van der Waals surface area contributed by atoms with Crippen LogP contribution in [-0.2, 0) is 4.74 Å². The Balaban J connectivity index is 2.55. The van der Waals surface area contributed by atoms with Crippen molar-refractivity contribution in [1.29, 1.82) is 0 Å². The lowest BCUT2D eigenvalue weighted by atomic mass is 10.1. The maximum Gasteiger partial charge on any atom is 0.408 e. The van der Waals surface area contributed by atoms with E-state index in [1.807, 2.05) is 27.7 Å². The van der Waals surface area contributed by atoms with Crippen molar-refractivity contribution in [1.82, 2.24) is 15.5 Å². The summed E-state index contributed by atoms with van der Waals surface area (Å²) in [5, 5.41) is 9.46. The van der Waals surface area contributed by atoms with Gasteiger partial charge in [-0.3, -0.25) is 5.10 Å². The van der Waals surface area contributed by atoms with Crippen molar-refractivity contribution in [3.63, 3.8) is 0 Å². The SMILES string of the molecule is CC[C@@H](OC(=O)NC(C)(C)C)c1cc[nH]n1. The van der Waals surface area contributed by atoms with Crippen LogP contribution in [0.1, 0.15) is 45.9 Å². The third kappa shape index (κ3) is 3.92. The van der Waals surface area contributed by atoms with E-state index in [9.17, 15) is 4.79 Å². The van der Waals surface area contributed by atoms with Gasteiger partial charge in [0.1, 0.15) is 11.8 Å². The molecule has 0 radical (unpaired) electrons. The molecule has 5 nitrogen and oxygen atoms in total. The Morgan fingerprint density at radius 1 is 1.62 bits per heavy atom. The van der Waals surface area contributed by atoms with Crippen LogP contribution in [-0.4, -0.2) is 21.8 Å². The number of hydrogen-bond donors (Lipinski definition) is 2. The molecule has 0 saturated carbocycles. The van der Waals surface area contributed by atoms with Gasteiger partial charge in [-0.15, -0.1) is 0 Å². The van der Waals surface area contributed by atoms with Crippen LogP contribution in [0.5, 0.6) is 0 Å². The molecule has 1 aromatic heterocycles. The summed E-state index contributed by atoms with van der Waals surface area (Å²) >= 11 is 0. The van der Waals surface area contributed by atoms with E-state index >= 15 is 0 Å². The first-order valence-corrected chi connectivity index (χ1v) is 5.41. The molecule has 0 spiro atoms. The van der Waals surface area contributed by atoms with Gasteiger partial charge in [0.25, 0.3) is 0 Å². The molecule has 1 rings (SSSR count). The third-order valence-corrected chi connectivity index (χ3v) is 1.95. The van der Waals surface area contributed by atoms with Crippen LogP contribution in [0.2, 0.25) is 0 Å².